The number of urea groups is 4. The molecule has 2 aliphatic heterocycles. The Kier molecular flexibility index (Phi) is 44.8. The number of rotatable bonds is 20. The van der Waals surface area contributed by atoms with Gasteiger partial charge in [0.2, 0.25) is 0 Å². The molecule has 0 aromatic heterocycles. The van der Waals surface area contributed by atoms with Crippen LogP contribution in [0, 0.1) is 0 Å². The maximum absolute atomic E-state index is 11.7. The van der Waals surface area contributed by atoms with Crippen molar-refractivity contribution >= 4 is 154 Å². The molecule has 33 nitrogen and oxygen atoms in total. The van der Waals surface area contributed by atoms with Crippen LogP contribution in [0.5, 0.6) is 5.75 Å². The predicted octanol–water partition coefficient (Wildman–Crippen LogP) is -9.31. The Balaban J connectivity index is -0.000000287. The van der Waals surface area contributed by atoms with Crippen LogP contribution in [0.25, 0.3) is 0 Å². The average Bonchev–Trinajstić information content (AvgIpc) is 3.68. The van der Waals surface area contributed by atoms with E-state index in [2.05, 4.69) is 26.0 Å². The number of amides is 10. The van der Waals surface area contributed by atoms with E-state index in [0.29, 0.717) is 15.4 Å². The second-order valence-corrected chi connectivity index (χ2v) is 12.5. The molecule has 1 aromatic rings. The van der Waals surface area contributed by atoms with Crippen molar-refractivity contribution in [1.29, 1.82) is 0 Å². The van der Waals surface area contributed by atoms with E-state index >= 15 is 0 Å². The molecule has 2 saturated heterocycles. The van der Waals surface area contributed by atoms with Crippen LogP contribution in [0.2, 0.25) is 0 Å². The van der Waals surface area contributed by atoms with Crippen molar-refractivity contribution in [2.75, 3.05) is 86.3 Å². The predicted molar refractivity (Wildman–Crippen MR) is 238 cm³/mol. The Morgan fingerprint density at radius 3 is 1.20 bits per heavy atom. The third-order valence-electron chi connectivity index (χ3n) is 7.32. The zero-order valence-corrected chi connectivity index (χ0v) is 35.6. The molecule has 10 amide bonds. The molecule has 17 N–H and O–H groups in total. The van der Waals surface area contributed by atoms with Crippen LogP contribution in [-0.4, -0.2) is 335 Å². The summed E-state index contributed by atoms with van der Waals surface area (Å²) in [4.78, 5) is 125. The molecule has 0 saturated carbocycles. The molecule has 3 rings (SSSR count). The van der Waals surface area contributed by atoms with Gasteiger partial charge in [-0.1, -0.05) is 0 Å². The van der Waals surface area contributed by atoms with E-state index in [-0.39, 0.29) is 127 Å². The van der Waals surface area contributed by atoms with E-state index in [1.807, 2.05) is 10.6 Å². The molecular formula is C34H57N10Na3O23. The van der Waals surface area contributed by atoms with Crippen molar-refractivity contribution in [3.8, 4) is 5.75 Å². The molecule has 2 fully saturated rings. The van der Waals surface area contributed by atoms with Crippen molar-refractivity contribution in [2.45, 2.75) is 25.4 Å². The molecule has 2 aliphatic rings. The number of esters is 1. The number of aliphatic hydroxyl groups is 6. The molecule has 0 spiro atoms. The number of carboxylic acids is 4. The third kappa shape index (κ3) is 33.1. The number of phenolic OH excluding ortho intramolecular Hbond substituents is 1. The van der Waals surface area contributed by atoms with Gasteiger partial charge in [-0.05, 0) is 31.2 Å². The minimum absolute atomic E-state index is 0. The van der Waals surface area contributed by atoms with Gasteiger partial charge in [0.25, 0.3) is 11.8 Å². The van der Waals surface area contributed by atoms with E-state index in [1.165, 1.54) is 31.4 Å². The second-order valence-electron chi connectivity index (χ2n) is 12.5. The van der Waals surface area contributed by atoms with Gasteiger partial charge >= 0.3 is 143 Å². The van der Waals surface area contributed by atoms with Crippen LogP contribution in [0.15, 0.2) is 24.3 Å². The number of hydrogen-bond donors (Lipinski definition) is 17. The summed E-state index contributed by atoms with van der Waals surface area (Å²) in [5.74, 6) is -6.87. The molecule has 0 aliphatic carbocycles. The van der Waals surface area contributed by atoms with Crippen LogP contribution in [0.4, 0.5) is 19.2 Å². The Morgan fingerprint density at radius 1 is 0.643 bits per heavy atom. The van der Waals surface area contributed by atoms with Crippen molar-refractivity contribution in [1.82, 2.24) is 51.5 Å². The molecule has 2 unspecified atom stereocenters. The molecule has 36 heteroatoms. The average molecular weight is 1040 g/mol. The number of nitrogens with one attached hydrogen (secondary N) is 6. The quantitative estimate of drug-likeness (QED) is 0.0250. The number of aliphatic carboxylic acids is 4. The van der Waals surface area contributed by atoms with E-state index in [0.717, 1.165) is 9.80 Å². The van der Waals surface area contributed by atoms with Gasteiger partial charge in [0.1, 0.15) is 25.3 Å². The fraction of sp³-hybridized carbons (Fsp3) is 0.500. The molecule has 1 aromatic carbocycles. The first-order valence-corrected chi connectivity index (χ1v) is 18.7. The zero-order chi connectivity index (χ0) is 51.8. The van der Waals surface area contributed by atoms with Gasteiger partial charge in [0.05, 0.1) is 58.7 Å². The number of aliphatic hydroxyl groups excluding tert-OH is 6. The number of imide groups is 2. The van der Waals surface area contributed by atoms with Gasteiger partial charge in [-0.25, -0.2) is 24.0 Å². The number of hydrogen-bond acceptors (Lipinski definition) is 21. The number of carbonyl (C=O) groups excluding carboxylic acids is 7. The zero-order valence-electron chi connectivity index (χ0n) is 35.6. The molecule has 384 valence electrons. The van der Waals surface area contributed by atoms with Crippen molar-refractivity contribution in [3.63, 3.8) is 0 Å². The Bertz CT molecular complexity index is 1700. The van der Waals surface area contributed by atoms with Crippen LogP contribution in [-0.2, 0) is 33.5 Å². The summed E-state index contributed by atoms with van der Waals surface area (Å²) in [5.41, 5.74) is 0.435. The summed E-state index contributed by atoms with van der Waals surface area (Å²) in [7, 11) is 1.31. The number of aromatic hydroxyl groups is 1. The Morgan fingerprint density at radius 2 is 0.957 bits per heavy atom. The molecule has 2 atom stereocenters. The number of benzene rings is 1. The van der Waals surface area contributed by atoms with Gasteiger partial charge < -0.3 is 82.2 Å². The van der Waals surface area contributed by atoms with Crippen LogP contribution < -0.4 is 31.9 Å². The number of ether oxygens (including phenoxy) is 1. The minimum atomic E-state index is -1.43. The monoisotopic (exact) mass is 1040 g/mol. The SMILES string of the molecule is CCO.COC(=O)c1ccc(O)cc1.O=C(NCNC(=O)NC1C(=O)NC(=O)N1CO)NC1C(=O)NC(=O)N1CO.O=C(O)CN(CCN(CC(=O)O)CC(=O)O)CC(=O)O.OCC(O)CO.[NaH].[NaH].[NaH]. The maximum atomic E-state index is 11.7. The first-order valence-electron chi connectivity index (χ1n) is 18.7. The van der Waals surface area contributed by atoms with Gasteiger partial charge in [0.15, 0.2) is 12.3 Å². The summed E-state index contributed by atoms with van der Waals surface area (Å²) in [6, 6.07) is 2.20. The first-order chi connectivity index (χ1) is 31.4. The van der Waals surface area contributed by atoms with Crippen molar-refractivity contribution in [2.24, 2.45) is 0 Å². The summed E-state index contributed by atoms with van der Waals surface area (Å²) in [6.45, 7) is -3.13. The third-order valence-corrected chi connectivity index (χ3v) is 7.32. The van der Waals surface area contributed by atoms with E-state index < -0.39 is 131 Å². The van der Waals surface area contributed by atoms with E-state index in [9.17, 15) is 52.7 Å². The Labute approximate surface area is 463 Å². The fourth-order valence-corrected chi connectivity index (χ4v) is 4.39. The molecule has 2 heterocycles. The van der Waals surface area contributed by atoms with Gasteiger partial charge in [-0.2, -0.15) is 0 Å². The van der Waals surface area contributed by atoms with E-state index in [1.54, 1.807) is 6.92 Å². The number of phenols is 1. The summed E-state index contributed by atoms with van der Waals surface area (Å²) in [6.07, 6.45) is -3.81. The number of carboxylic acid groups (broad SMARTS) is 4. The van der Waals surface area contributed by atoms with Gasteiger partial charge in [-0.3, -0.25) is 59.0 Å². The summed E-state index contributed by atoms with van der Waals surface area (Å²) >= 11 is 0. The number of carbonyl (C=O) groups is 11. The van der Waals surface area contributed by atoms with Crippen LogP contribution in [0.3, 0.4) is 0 Å². The molecule has 0 bridgehead atoms. The summed E-state index contributed by atoms with van der Waals surface area (Å²) in [5, 5.41) is 105. The Hall–Kier alpha value is -4.53. The fourth-order valence-electron chi connectivity index (χ4n) is 4.39. The molecule has 70 heavy (non-hydrogen) atoms. The molecular weight excluding hydrogens is 985 g/mol. The second kappa shape index (κ2) is 42.2. The number of nitrogens with zero attached hydrogens (tertiary/aromatic N) is 4. The van der Waals surface area contributed by atoms with Gasteiger partial charge in [0, 0.05) is 19.7 Å². The van der Waals surface area contributed by atoms with Crippen LogP contribution >= 0.6 is 0 Å². The van der Waals surface area contributed by atoms with E-state index in [4.69, 9.17) is 56.2 Å². The summed E-state index contributed by atoms with van der Waals surface area (Å²) < 4.78 is 4.46. The molecule has 0 radical (unpaired) electrons. The first kappa shape index (κ1) is 74.4. The van der Waals surface area contributed by atoms with Crippen molar-refractivity contribution in [3.05, 3.63) is 29.8 Å². The standard InChI is InChI=1S/C11H16N8O8.C10H16N2O8.C8H8O3.C3H8O3.C2H6O.3Na.3H/c20-2-18-4(6(22)16-10(18)26)14-8(24)12-1-13-9(25)15-5-7(23)17-11(27)19(5)3-21;13-7(14)3-11(4-8(15)16)1-2-12(5-9(17)18)6-10(19)20;1-11-8(10)6-2-4-7(9)5-3-6;4-1-3(6)2-5;1-2-3;;;;;;/h4-5,20-21H,1-3H2,(H2,12,14,24)(H2,13,15,25)(H,16,22,26)(H,17,23,27);1-6H2,(H,13,14)(H,15,16)(H,17,18)(H,19,20);2-5,9H,1H3;3-6H,1-2H2;3H,2H2,1H3;;;;;;. The van der Waals surface area contributed by atoms with Gasteiger partial charge in [-0.15, -0.1) is 0 Å². The normalized spacial score (nSPS) is 14.0. The van der Waals surface area contributed by atoms with Crippen molar-refractivity contribution < 1.29 is 114 Å². The van der Waals surface area contributed by atoms with Crippen LogP contribution in [0.1, 0.15) is 17.3 Å². The topological polar surface area (TPSA) is 505 Å². The number of methoxy groups -OCH3 is 1.